The number of carbonyl (C=O) groups excluding carboxylic acids is 1. The molecule has 0 atom stereocenters. The van der Waals surface area contributed by atoms with Crippen molar-refractivity contribution in [1.82, 2.24) is 15.5 Å². The standard InChI is InChI=1S/C20H27N5O4S/c1-25(2)19(26)14-24-20(22-12-15-4-8-17(29-3)9-5-15)23-13-16-6-10-18(11-7-16)30(21,27)28/h4-11H,12-14H2,1-3H3,(H2,21,27,28)(H2,22,23,24). The van der Waals surface area contributed by atoms with E-state index in [9.17, 15) is 13.2 Å². The summed E-state index contributed by atoms with van der Waals surface area (Å²) >= 11 is 0. The van der Waals surface area contributed by atoms with Gasteiger partial charge in [0, 0.05) is 20.6 Å². The topological polar surface area (TPSA) is 126 Å². The molecular weight excluding hydrogens is 406 g/mol. The lowest BCUT2D eigenvalue weighted by atomic mass is 10.2. The van der Waals surface area contributed by atoms with Crippen LogP contribution in [0.3, 0.4) is 0 Å². The molecule has 1 amide bonds. The van der Waals surface area contributed by atoms with Gasteiger partial charge in [-0.3, -0.25) is 4.79 Å². The normalized spacial score (nSPS) is 11.7. The molecule has 0 unspecified atom stereocenters. The maximum absolute atomic E-state index is 11.9. The van der Waals surface area contributed by atoms with Crippen LogP contribution in [-0.2, 0) is 27.9 Å². The average molecular weight is 434 g/mol. The van der Waals surface area contributed by atoms with Crippen LogP contribution in [0.5, 0.6) is 5.75 Å². The van der Waals surface area contributed by atoms with Crippen LogP contribution in [0.4, 0.5) is 0 Å². The summed E-state index contributed by atoms with van der Waals surface area (Å²) in [4.78, 5) is 18.0. The number of carbonyl (C=O) groups is 1. The molecular formula is C20H27N5O4S. The largest absolute Gasteiger partial charge is 0.497 e. The summed E-state index contributed by atoms with van der Waals surface area (Å²) in [6.45, 7) is 0.876. The minimum Gasteiger partial charge on any atom is -0.497 e. The third-order valence-corrected chi connectivity index (χ3v) is 5.13. The number of nitrogens with one attached hydrogen (secondary N) is 2. The first kappa shape index (κ1) is 23.2. The van der Waals surface area contributed by atoms with E-state index in [0.29, 0.717) is 19.0 Å². The molecule has 162 valence electrons. The van der Waals surface area contributed by atoms with E-state index in [-0.39, 0.29) is 17.3 Å². The number of hydrogen-bond donors (Lipinski definition) is 3. The molecule has 2 aromatic rings. The summed E-state index contributed by atoms with van der Waals surface area (Å²) in [5.41, 5.74) is 1.81. The molecule has 30 heavy (non-hydrogen) atoms. The Morgan fingerprint density at radius 2 is 1.63 bits per heavy atom. The van der Waals surface area contributed by atoms with E-state index < -0.39 is 10.0 Å². The highest BCUT2D eigenvalue weighted by Crippen LogP contribution is 2.12. The highest BCUT2D eigenvalue weighted by atomic mass is 32.2. The van der Waals surface area contributed by atoms with Crippen LogP contribution >= 0.6 is 0 Å². The Hall–Kier alpha value is -3.11. The maximum Gasteiger partial charge on any atom is 0.241 e. The number of nitrogens with two attached hydrogens (primary N) is 1. The molecule has 0 spiro atoms. The lowest BCUT2D eigenvalue weighted by Crippen LogP contribution is -2.42. The summed E-state index contributed by atoms with van der Waals surface area (Å²) < 4.78 is 27.9. The van der Waals surface area contributed by atoms with Crippen LogP contribution in [0.1, 0.15) is 11.1 Å². The number of hydrogen-bond acceptors (Lipinski definition) is 5. The van der Waals surface area contributed by atoms with E-state index in [1.165, 1.54) is 17.0 Å². The fourth-order valence-corrected chi connectivity index (χ4v) is 2.89. The van der Waals surface area contributed by atoms with Crippen LogP contribution in [0.2, 0.25) is 0 Å². The quantitative estimate of drug-likeness (QED) is 0.415. The second kappa shape index (κ2) is 10.6. The van der Waals surface area contributed by atoms with Gasteiger partial charge in [-0.05, 0) is 35.4 Å². The number of benzene rings is 2. The number of rotatable bonds is 8. The van der Waals surface area contributed by atoms with Crippen LogP contribution in [0.25, 0.3) is 0 Å². The van der Waals surface area contributed by atoms with Crippen LogP contribution < -0.4 is 20.5 Å². The van der Waals surface area contributed by atoms with Gasteiger partial charge in [-0.2, -0.15) is 0 Å². The van der Waals surface area contributed by atoms with Gasteiger partial charge in [0.05, 0.1) is 25.1 Å². The molecule has 2 rings (SSSR count). The van der Waals surface area contributed by atoms with E-state index in [0.717, 1.165) is 16.9 Å². The van der Waals surface area contributed by atoms with Crippen molar-refractivity contribution < 1.29 is 17.9 Å². The van der Waals surface area contributed by atoms with E-state index >= 15 is 0 Å². The molecule has 0 heterocycles. The molecule has 4 N–H and O–H groups in total. The fourth-order valence-electron chi connectivity index (χ4n) is 2.38. The van der Waals surface area contributed by atoms with Crippen molar-refractivity contribution in [1.29, 1.82) is 0 Å². The van der Waals surface area contributed by atoms with Gasteiger partial charge in [0.2, 0.25) is 15.9 Å². The van der Waals surface area contributed by atoms with Crippen molar-refractivity contribution in [2.75, 3.05) is 27.7 Å². The molecule has 0 saturated carbocycles. The third-order valence-electron chi connectivity index (χ3n) is 4.20. The first-order valence-corrected chi connectivity index (χ1v) is 10.7. The smallest absolute Gasteiger partial charge is 0.241 e. The van der Waals surface area contributed by atoms with Crippen molar-refractivity contribution >= 4 is 21.9 Å². The summed E-state index contributed by atoms with van der Waals surface area (Å²) in [5, 5.41) is 11.3. The number of amides is 1. The van der Waals surface area contributed by atoms with Gasteiger partial charge in [-0.1, -0.05) is 24.3 Å². The van der Waals surface area contributed by atoms with Gasteiger partial charge in [0.25, 0.3) is 0 Å². The summed E-state index contributed by atoms with van der Waals surface area (Å²) in [6, 6.07) is 13.8. The Bertz CT molecular complexity index is 971. The van der Waals surface area contributed by atoms with E-state index in [1.807, 2.05) is 24.3 Å². The zero-order chi connectivity index (χ0) is 22.1. The molecule has 0 aliphatic carbocycles. The van der Waals surface area contributed by atoms with Gasteiger partial charge >= 0.3 is 0 Å². The van der Waals surface area contributed by atoms with Crippen LogP contribution in [0.15, 0.2) is 58.4 Å². The van der Waals surface area contributed by atoms with Gasteiger partial charge < -0.3 is 20.3 Å². The van der Waals surface area contributed by atoms with E-state index in [4.69, 9.17) is 9.88 Å². The first-order chi connectivity index (χ1) is 14.2. The molecule has 0 radical (unpaired) electrons. The molecule has 10 heteroatoms. The lowest BCUT2D eigenvalue weighted by molar-refractivity contribution is -0.127. The Morgan fingerprint density at radius 1 is 1.03 bits per heavy atom. The predicted octanol–water partition coefficient (Wildman–Crippen LogP) is 0.666. The number of ether oxygens (including phenoxy) is 1. The summed E-state index contributed by atoms with van der Waals surface area (Å²) in [5.74, 6) is 1.13. The zero-order valence-electron chi connectivity index (χ0n) is 17.3. The number of guanidine groups is 1. The molecule has 0 aliphatic heterocycles. The van der Waals surface area contributed by atoms with E-state index in [2.05, 4.69) is 15.6 Å². The van der Waals surface area contributed by atoms with Crippen molar-refractivity contribution in [3.63, 3.8) is 0 Å². The monoisotopic (exact) mass is 433 g/mol. The number of methoxy groups -OCH3 is 1. The number of aliphatic imine (C=N–C) groups is 1. The number of likely N-dealkylation sites (N-methyl/N-ethyl adjacent to an activating group) is 1. The number of nitrogens with zero attached hydrogens (tertiary/aromatic N) is 2. The molecule has 9 nitrogen and oxygen atoms in total. The Kier molecular flexibility index (Phi) is 8.19. The van der Waals surface area contributed by atoms with Gasteiger partial charge in [0.15, 0.2) is 5.96 Å². The highest BCUT2D eigenvalue weighted by molar-refractivity contribution is 7.89. The van der Waals surface area contributed by atoms with Crippen molar-refractivity contribution in [2.24, 2.45) is 10.1 Å². The summed E-state index contributed by atoms with van der Waals surface area (Å²) in [6.07, 6.45) is 0. The second-order valence-corrected chi connectivity index (χ2v) is 8.26. The van der Waals surface area contributed by atoms with Gasteiger partial charge in [0.1, 0.15) is 5.75 Å². The highest BCUT2D eigenvalue weighted by Gasteiger charge is 2.08. The van der Waals surface area contributed by atoms with Crippen molar-refractivity contribution in [3.05, 3.63) is 59.7 Å². The van der Waals surface area contributed by atoms with Crippen molar-refractivity contribution in [2.45, 2.75) is 18.0 Å². The van der Waals surface area contributed by atoms with Gasteiger partial charge in [-0.25, -0.2) is 18.5 Å². The number of primary sulfonamides is 1. The fraction of sp³-hybridized carbons (Fsp3) is 0.300. The van der Waals surface area contributed by atoms with E-state index in [1.54, 1.807) is 33.3 Å². The van der Waals surface area contributed by atoms with Crippen LogP contribution in [-0.4, -0.2) is 52.9 Å². The lowest BCUT2D eigenvalue weighted by Gasteiger charge is -2.15. The van der Waals surface area contributed by atoms with Crippen molar-refractivity contribution in [3.8, 4) is 5.75 Å². The molecule has 0 fully saturated rings. The molecule has 0 aliphatic rings. The third kappa shape index (κ3) is 7.37. The minimum absolute atomic E-state index is 0.0503. The molecule has 2 aromatic carbocycles. The first-order valence-electron chi connectivity index (χ1n) is 9.16. The molecule has 0 bridgehead atoms. The Morgan fingerprint density at radius 3 is 2.17 bits per heavy atom. The zero-order valence-corrected chi connectivity index (χ0v) is 18.1. The molecule has 0 aromatic heterocycles. The molecule has 0 saturated heterocycles. The Balaban J connectivity index is 2.06. The predicted molar refractivity (Wildman–Crippen MR) is 115 cm³/mol. The minimum atomic E-state index is -3.73. The summed E-state index contributed by atoms with van der Waals surface area (Å²) in [7, 11) is 1.24. The SMILES string of the molecule is COc1ccc(CN=C(NCC(=O)N(C)C)NCc2ccc(S(N)(=O)=O)cc2)cc1. The second-order valence-electron chi connectivity index (χ2n) is 6.70. The van der Waals surface area contributed by atoms with Crippen LogP contribution in [0, 0.1) is 0 Å². The van der Waals surface area contributed by atoms with Gasteiger partial charge in [-0.15, -0.1) is 0 Å². The maximum atomic E-state index is 11.9. The Labute approximate surface area is 177 Å². The number of sulfonamides is 1. The average Bonchev–Trinajstić information content (AvgIpc) is 2.72.